The van der Waals surface area contributed by atoms with Gasteiger partial charge in [-0.25, -0.2) is 9.07 Å². The van der Waals surface area contributed by atoms with E-state index < -0.39 is 0 Å². The number of para-hydroxylation sites is 1. The number of aromatic nitrogens is 2. The normalized spacial score (nSPS) is 16.9. The number of rotatable bonds is 2. The molecule has 2 heterocycles. The summed E-state index contributed by atoms with van der Waals surface area (Å²) in [6.07, 6.45) is 0. The Hall–Kier alpha value is -2.60. The molecule has 3 aromatic rings. The van der Waals surface area contributed by atoms with E-state index >= 15 is 0 Å². The van der Waals surface area contributed by atoms with Crippen LogP contribution in [0.5, 0.6) is 0 Å². The number of nitrogens with zero attached hydrogens (tertiary/aromatic N) is 2. The highest BCUT2D eigenvalue weighted by Crippen LogP contribution is 2.43. The summed E-state index contributed by atoms with van der Waals surface area (Å²) in [6, 6.07) is 16.1. The van der Waals surface area contributed by atoms with Gasteiger partial charge in [-0.1, -0.05) is 30.3 Å². The van der Waals surface area contributed by atoms with Gasteiger partial charge in [0.05, 0.1) is 22.4 Å². The summed E-state index contributed by atoms with van der Waals surface area (Å²) < 4.78 is 15.1. The van der Waals surface area contributed by atoms with Gasteiger partial charge in [0.25, 0.3) is 0 Å². The largest absolute Gasteiger partial charge is 0.310 e. The van der Waals surface area contributed by atoms with Crippen LogP contribution >= 0.6 is 11.8 Å². The molecule has 0 aliphatic carbocycles. The number of hydrogen-bond acceptors (Lipinski definition) is 3. The van der Waals surface area contributed by atoms with E-state index in [-0.39, 0.29) is 17.0 Å². The lowest BCUT2D eigenvalue weighted by atomic mass is 10.0. The van der Waals surface area contributed by atoms with Crippen molar-refractivity contribution in [2.45, 2.75) is 12.2 Å². The average molecular weight is 353 g/mol. The van der Waals surface area contributed by atoms with Gasteiger partial charge in [0.1, 0.15) is 11.6 Å². The third kappa shape index (κ3) is 2.93. The molecular weight excluding hydrogens is 337 g/mol. The summed E-state index contributed by atoms with van der Waals surface area (Å²) in [5.41, 5.74) is 3.66. The minimum absolute atomic E-state index is 0.0621. The SMILES string of the molecule is Cc1nn(-c2ccccc2)c2c1[C@@H](c1ccc(F)cc1)SCC(=O)N2. The second-order valence-electron chi connectivity index (χ2n) is 5.89. The summed E-state index contributed by atoms with van der Waals surface area (Å²) >= 11 is 1.53. The van der Waals surface area contributed by atoms with Gasteiger partial charge in [-0.05, 0) is 36.8 Å². The summed E-state index contributed by atoms with van der Waals surface area (Å²) in [6.45, 7) is 1.94. The molecule has 0 fully saturated rings. The number of benzene rings is 2. The molecule has 1 aromatic heterocycles. The van der Waals surface area contributed by atoms with E-state index in [9.17, 15) is 9.18 Å². The average Bonchev–Trinajstić information content (AvgIpc) is 2.83. The fourth-order valence-corrected chi connectivity index (χ4v) is 4.23. The Morgan fingerprint density at radius 2 is 1.88 bits per heavy atom. The second-order valence-corrected chi connectivity index (χ2v) is 6.98. The number of carbonyl (C=O) groups excluding carboxylic acids is 1. The van der Waals surface area contributed by atoms with Crippen LogP contribution in [0.2, 0.25) is 0 Å². The monoisotopic (exact) mass is 353 g/mol. The van der Waals surface area contributed by atoms with E-state index in [4.69, 9.17) is 0 Å². The Morgan fingerprint density at radius 3 is 2.60 bits per heavy atom. The van der Waals surface area contributed by atoms with Crippen LogP contribution in [0.1, 0.15) is 22.1 Å². The summed E-state index contributed by atoms with van der Waals surface area (Å²) in [7, 11) is 0. The Kier molecular flexibility index (Phi) is 4.05. The van der Waals surface area contributed by atoms with Crippen molar-refractivity contribution in [1.82, 2.24) is 9.78 Å². The number of anilines is 1. The minimum atomic E-state index is -0.270. The zero-order valence-electron chi connectivity index (χ0n) is 13.6. The van der Waals surface area contributed by atoms with E-state index in [1.807, 2.05) is 37.3 Å². The van der Waals surface area contributed by atoms with Crippen molar-refractivity contribution in [2.24, 2.45) is 0 Å². The Morgan fingerprint density at radius 1 is 1.16 bits per heavy atom. The van der Waals surface area contributed by atoms with Crippen molar-refractivity contribution in [3.8, 4) is 5.69 Å². The highest BCUT2D eigenvalue weighted by Gasteiger charge is 2.30. The van der Waals surface area contributed by atoms with Crippen molar-refractivity contribution in [3.05, 3.63) is 77.2 Å². The minimum Gasteiger partial charge on any atom is -0.310 e. The number of amides is 1. The molecule has 2 aromatic carbocycles. The lowest BCUT2D eigenvalue weighted by molar-refractivity contribution is -0.113. The van der Waals surface area contributed by atoms with Gasteiger partial charge >= 0.3 is 0 Å². The highest BCUT2D eigenvalue weighted by atomic mass is 32.2. The molecule has 1 amide bonds. The van der Waals surface area contributed by atoms with E-state index in [1.54, 1.807) is 16.8 Å². The van der Waals surface area contributed by atoms with Gasteiger partial charge in [-0.15, -0.1) is 11.8 Å². The predicted octanol–water partition coefficient (Wildman–Crippen LogP) is 4.09. The molecule has 1 aliphatic rings. The van der Waals surface area contributed by atoms with Crippen LogP contribution < -0.4 is 5.32 Å². The van der Waals surface area contributed by atoms with Gasteiger partial charge in [-0.2, -0.15) is 5.10 Å². The van der Waals surface area contributed by atoms with Gasteiger partial charge in [0.2, 0.25) is 5.91 Å². The standard InChI is InChI=1S/C19H16FN3OS/c1-12-17-18(13-7-9-14(20)10-8-13)25-11-16(24)21-19(17)23(22-12)15-5-3-2-4-6-15/h2-10,18H,11H2,1H3,(H,21,24)/t18-/m1/s1. The summed E-state index contributed by atoms with van der Waals surface area (Å²) in [4.78, 5) is 12.2. The molecule has 0 unspecified atom stereocenters. The number of halogens is 1. The van der Waals surface area contributed by atoms with Gasteiger partial charge in [0, 0.05) is 5.56 Å². The first-order valence-electron chi connectivity index (χ1n) is 7.95. The molecule has 6 heteroatoms. The lowest BCUT2D eigenvalue weighted by Crippen LogP contribution is -2.15. The van der Waals surface area contributed by atoms with Crippen molar-refractivity contribution >= 4 is 23.5 Å². The van der Waals surface area contributed by atoms with E-state index in [0.29, 0.717) is 11.6 Å². The Balaban J connectivity index is 1.88. The number of fused-ring (bicyclic) bond motifs is 1. The number of aryl methyl sites for hydroxylation is 1. The van der Waals surface area contributed by atoms with Gasteiger partial charge < -0.3 is 5.32 Å². The van der Waals surface area contributed by atoms with Crippen LogP contribution in [0, 0.1) is 12.7 Å². The van der Waals surface area contributed by atoms with Crippen LogP contribution in [0.3, 0.4) is 0 Å². The Bertz CT molecular complexity index is 922. The Labute approximate surface area is 149 Å². The maximum atomic E-state index is 13.3. The molecule has 0 saturated heterocycles. The van der Waals surface area contributed by atoms with Crippen LogP contribution in [-0.4, -0.2) is 21.4 Å². The number of carbonyl (C=O) groups is 1. The molecule has 126 valence electrons. The summed E-state index contributed by atoms with van der Waals surface area (Å²) in [5.74, 6) is 0.694. The van der Waals surface area contributed by atoms with Crippen molar-refractivity contribution in [2.75, 3.05) is 11.1 Å². The molecule has 25 heavy (non-hydrogen) atoms. The van der Waals surface area contributed by atoms with Crippen LogP contribution in [0.25, 0.3) is 5.69 Å². The molecule has 0 saturated carbocycles. The smallest absolute Gasteiger partial charge is 0.235 e. The molecule has 0 bridgehead atoms. The molecule has 4 nitrogen and oxygen atoms in total. The van der Waals surface area contributed by atoms with Crippen molar-refractivity contribution in [3.63, 3.8) is 0 Å². The molecule has 0 spiro atoms. The second kappa shape index (κ2) is 6.37. The third-order valence-corrected chi connectivity index (χ3v) is 5.45. The maximum Gasteiger partial charge on any atom is 0.235 e. The molecule has 1 N–H and O–H groups in total. The highest BCUT2D eigenvalue weighted by molar-refractivity contribution is 8.00. The fourth-order valence-electron chi connectivity index (χ4n) is 3.04. The van der Waals surface area contributed by atoms with E-state index in [0.717, 1.165) is 22.5 Å². The first-order valence-corrected chi connectivity index (χ1v) is 9.00. The molecular formula is C19H16FN3OS. The molecule has 1 atom stereocenters. The lowest BCUT2D eigenvalue weighted by Gasteiger charge is -2.15. The first-order chi connectivity index (χ1) is 12.1. The van der Waals surface area contributed by atoms with Crippen LogP contribution in [0.15, 0.2) is 54.6 Å². The van der Waals surface area contributed by atoms with Crippen molar-refractivity contribution < 1.29 is 9.18 Å². The first kappa shape index (κ1) is 15.9. The number of thioether (sulfide) groups is 1. The molecule has 4 rings (SSSR count). The molecule has 1 aliphatic heterocycles. The third-order valence-electron chi connectivity index (χ3n) is 4.18. The zero-order chi connectivity index (χ0) is 17.4. The summed E-state index contributed by atoms with van der Waals surface area (Å²) in [5, 5.41) is 7.56. The van der Waals surface area contributed by atoms with Crippen LogP contribution in [-0.2, 0) is 4.79 Å². The predicted molar refractivity (Wildman–Crippen MR) is 97.6 cm³/mol. The zero-order valence-corrected chi connectivity index (χ0v) is 14.4. The number of hydrogen-bond donors (Lipinski definition) is 1. The van der Waals surface area contributed by atoms with Crippen LogP contribution in [0.4, 0.5) is 10.2 Å². The van der Waals surface area contributed by atoms with E-state index in [1.165, 1.54) is 23.9 Å². The maximum absolute atomic E-state index is 13.3. The quantitative estimate of drug-likeness (QED) is 0.755. The number of nitrogens with one attached hydrogen (secondary N) is 1. The van der Waals surface area contributed by atoms with E-state index in [2.05, 4.69) is 10.4 Å². The van der Waals surface area contributed by atoms with Gasteiger partial charge in [0.15, 0.2) is 0 Å². The fraction of sp³-hybridized carbons (Fsp3) is 0.158. The molecule has 0 radical (unpaired) electrons. The van der Waals surface area contributed by atoms with Gasteiger partial charge in [-0.3, -0.25) is 4.79 Å². The topological polar surface area (TPSA) is 46.9 Å². The van der Waals surface area contributed by atoms with Crippen molar-refractivity contribution in [1.29, 1.82) is 0 Å².